The summed E-state index contributed by atoms with van der Waals surface area (Å²) in [6, 6.07) is 11.8. The van der Waals surface area contributed by atoms with Crippen molar-refractivity contribution in [1.82, 2.24) is 0 Å². The van der Waals surface area contributed by atoms with Crippen LogP contribution in [0, 0.1) is 0 Å². The van der Waals surface area contributed by atoms with E-state index in [4.69, 9.17) is 16.3 Å². The number of fused-ring (bicyclic) bond motifs is 1. The minimum atomic E-state index is -0.357. The molecule has 112 valence electrons. The van der Waals surface area contributed by atoms with Gasteiger partial charge in [0.05, 0.1) is 28.4 Å². The zero-order valence-electron chi connectivity index (χ0n) is 12.0. The summed E-state index contributed by atoms with van der Waals surface area (Å²) in [7, 11) is 0. The molecule has 0 unspecified atom stereocenters. The molecule has 0 N–H and O–H groups in total. The number of halogens is 1. The summed E-state index contributed by atoms with van der Waals surface area (Å²) in [5.74, 6) is -0.353. The van der Waals surface area contributed by atoms with Gasteiger partial charge < -0.3 is 4.74 Å². The molecule has 0 radical (unpaired) electrons. The van der Waals surface area contributed by atoms with Crippen molar-refractivity contribution in [2.45, 2.75) is 13.3 Å². The highest BCUT2D eigenvalue weighted by atomic mass is 35.5. The van der Waals surface area contributed by atoms with E-state index >= 15 is 0 Å². The van der Waals surface area contributed by atoms with Crippen LogP contribution in [0.2, 0.25) is 5.02 Å². The molecule has 0 aliphatic carbocycles. The molecule has 0 aromatic heterocycles. The van der Waals surface area contributed by atoms with E-state index in [2.05, 4.69) is 0 Å². The lowest BCUT2D eigenvalue weighted by atomic mass is 10.1. The quantitative estimate of drug-likeness (QED) is 0.803. The van der Waals surface area contributed by atoms with Crippen LogP contribution in [0.5, 0.6) is 5.75 Å². The Hall–Kier alpha value is -2.33. The monoisotopic (exact) mass is 315 g/mol. The van der Waals surface area contributed by atoms with Crippen molar-refractivity contribution in [2.75, 3.05) is 11.5 Å². The van der Waals surface area contributed by atoms with Gasteiger partial charge in [0.2, 0.25) is 0 Å². The third-order valence-electron chi connectivity index (χ3n) is 3.43. The fourth-order valence-corrected chi connectivity index (χ4v) is 2.65. The van der Waals surface area contributed by atoms with Crippen LogP contribution in [-0.2, 0) is 0 Å². The van der Waals surface area contributed by atoms with E-state index in [1.54, 1.807) is 42.5 Å². The van der Waals surface area contributed by atoms with Crippen molar-refractivity contribution < 1.29 is 14.3 Å². The van der Waals surface area contributed by atoms with Crippen LogP contribution in [0.25, 0.3) is 0 Å². The van der Waals surface area contributed by atoms with Gasteiger partial charge in [0, 0.05) is 0 Å². The first-order valence-electron chi connectivity index (χ1n) is 7.04. The first kappa shape index (κ1) is 14.6. The summed E-state index contributed by atoms with van der Waals surface area (Å²) in [5, 5.41) is 0.377. The number of benzene rings is 2. The molecule has 2 aromatic carbocycles. The number of carbonyl (C=O) groups is 2. The molecule has 1 aliphatic rings. The van der Waals surface area contributed by atoms with Gasteiger partial charge in [-0.25, -0.2) is 4.90 Å². The molecule has 2 aromatic rings. The van der Waals surface area contributed by atoms with Crippen LogP contribution in [0.3, 0.4) is 0 Å². The van der Waals surface area contributed by atoms with Crippen molar-refractivity contribution in [2.24, 2.45) is 0 Å². The molecule has 0 bridgehead atoms. The Morgan fingerprint density at radius 2 is 1.64 bits per heavy atom. The van der Waals surface area contributed by atoms with Gasteiger partial charge in [0.25, 0.3) is 11.8 Å². The second-order valence-electron chi connectivity index (χ2n) is 4.93. The van der Waals surface area contributed by atoms with Crippen LogP contribution in [-0.4, -0.2) is 18.4 Å². The normalized spacial score (nSPS) is 13.5. The van der Waals surface area contributed by atoms with Crippen LogP contribution in [0.1, 0.15) is 34.1 Å². The number of anilines is 1. The number of rotatable bonds is 4. The standard InChI is InChI=1S/C17H14ClNO3/c1-2-10-22-15-13(18)8-5-9-14(15)19-16(20)11-6-3-4-7-12(11)17(19)21/h3-9H,2,10H2,1H3. The highest BCUT2D eigenvalue weighted by molar-refractivity contribution is 6.36. The maximum Gasteiger partial charge on any atom is 0.266 e. The molecule has 1 heterocycles. The predicted octanol–water partition coefficient (Wildman–Crippen LogP) is 3.93. The molecule has 5 heteroatoms. The zero-order chi connectivity index (χ0) is 15.7. The second kappa shape index (κ2) is 5.81. The molecule has 0 fully saturated rings. The Balaban J connectivity index is 2.08. The highest BCUT2D eigenvalue weighted by Gasteiger charge is 2.38. The van der Waals surface area contributed by atoms with Crippen molar-refractivity contribution in [3.63, 3.8) is 0 Å². The molecular weight excluding hydrogens is 302 g/mol. The van der Waals surface area contributed by atoms with E-state index in [9.17, 15) is 9.59 Å². The lowest BCUT2D eigenvalue weighted by molar-refractivity contribution is 0.0925. The van der Waals surface area contributed by atoms with Gasteiger partial charge >= 0.3 is 0 Å². The second-order valence-corrected chi connectivity index (χ2v) is 5.34. The van der Waals surface area contributed by atoms with Crippen LogP contribution >= 0.6 is 11.6 Å². The molecule has 0 atom stereocenters. The van der Waals surface area contributed by atoms with Crippen molar-refractivity contribution in [3.8, 4) is 5.75 Å². The molecule has 0 saturated heterocycles. The van der Waals surface area contributed by atoms with E-state index in [1.165, 1.54) is 0 Å². The van der Waals surface area contributed by atoms with Crippen LogP contribution < -0.4 is 9.64 Å². The molecular formula is C17H14ClNO3. The number of imide groups is 1. The van der Waals surface area contributed by atoms with Gasteiger partial charge in [-0.1, -0.05) is 36.7 Å². The largest absolute Gasteiger partial charge is 0.490 e. The van der Waals surface area contributed by atoms with Gasteiger partial charge in [-0.3, -0.25) is 9.59 Å². The highest BCUT2D eigenvalue weighted by Crippen LogP contribution is 2.39. The number of para-hydroxylation sites is 1. The Kier molecular flexibility index (Phi) is 3.86. The van der Waals surface area contributed by atoms with Gasteiger partial charge in [-0.2, -0.15) is 0 Å². The minimum Gasteiger partial charge on any atom is -0.490 e. The van der Waals surface area contributed by atoms with E-state index < -0.39 is 0 Å². The third kappa shape index (κ3) is 2.25. The summed E-state index contributed by atoms with van der Waals surface area (Å²) < 4.78 is 5.65. The molecule has 2 amide bonds. The third-order valence-corrected chi connectivity index (χ3v) is 3.73. The molecule has 3 rings (SSSR count). The summed E-state index contributed by atoms with van der Waals surface area (Å²) >= 11 is 6.18. The van der Waals surface area contributed by atoms with E-state index in [1.807, 2.05) is 6.92 Å². The number of hydrogen-bond donors (Lipinski definition) is 0. The smallest absolute Gasteiger partial charge is 0.266 e. The minimum absolute atomic E-state index is 0.357. The lowest BCUT2D eigenvalue weighted by Crippen LogP contribution is -2.29. The Morgan fingerprint density at radius 3 is 2.23 bits per heavy atom. The fraction of sp³-hybridized carbons (Fsp3) is 0.176. The first-order chi connectivity index (χ1) is 10.6. The van der Waals surface area contributed by atoms with Crippen molar-refractivity contribution in [1.29, 1.82) is 0 Å². The lowest BCUT2D eigenvalue weighted by Gasteiger charge is -2.19. The van der Waals surface area contributed by atoms with E-state index in [0.717, 1.165) is 11.3 Å². The number of carbonyl (C=O) groups excluding carboxylic acids is 2. The topological polar surface area (TPSA) is 46.6 Å². The zero-order valence-corrected chi connectivity index (χ0v) is 12.8. The van der Waals surface area contributed by atoms with Crippen LogP contribution in [0.15, 0.2) is 42.5 Å². The molecule has 22 heavy (non-hydrogen) atoms. The molecule has 0 spiro atoms. The van der Waals surface area contributed by atoms with Gasteiger partial charge in [0.1, 0.15) is 0 Å². The Labute approximate surface area is 133 Å². The maximum absolute atomic E-state index is 12.6. The number of nitrogens with zero attached hydrogens (tertiary/aromatic N) is 1. The average molecular weight is 316 g/mol. The first-order valence-corrected chi connectivity index (χ1v) is 7.42. The molecule has 1 aliphatic heterocycles. The summed E-state index contributed by atoms with van der Waals surface area (Å²) in [6.45, 7) is 2.43. The Morgan fingerprint density at radius 1 is 1.00 bits per heavy atom. The Bertz CT molecular complexity index is 722. The number of amides is 2. The fourth-order valence-electron chi connectivity index (χ4n) is 2.43. The van der Waals surface area contributed by atoms with E-state index in [-0.39, 0.29) is 11.8 Å². The SMILES string of the molecule is CCCOc1c(Cl)cccc1N1C(=O)c2ccccc2C1=O. The summed E-state index contributed by atoms with van der Waals surface area (Å²) in [5.41, 5.74) is 1.18. The summed E-state index contributed by atoms with van der Waals surface area (Å²) in [6.07, 6.45) is 0.798. The number of hydrogen-bond acceptors (Lipinski definition) is 3. The van der Waals surface area contributed by atoms with Crippen molar-refractivity contribution in [3.05, 3.63) is 58.6 Å². The van der Waals surface area contributed by atoms with Gasteiger partial charge in [0.15, 0.2) is 5.75 Å². The van der Waals surface area contributed by atoms with E-state index in [0.29, 0.717) is 34.2 Å². The van der Waals surface area contributed by atoms with Crippen LogP contribution in [0.4, 0.5) is 5.69 Å². The summed E-state index contributed by atoms with van der Waals surface area (Å²) in [4.78, 5) is 26.2. The van der Waals surface area contributed by atoms with Gasteiger partial charge in [-0.15, -0.1) is 0 Å². The number of ether oxygens (including phenoxy) is 1. The van der Waals surface area contributed by atoms with Gasteiger partial charge in [-0.05, 0) is 30.7 Å². The average Bonchev–Trinajstić information content (AvgIpc) is 2.78. The molecule has 0 saturated carbocycles. The molecule has 4 nitrogen and oxygen atoms in total. The van der Waals surface area contributed by atoms with Crippen molar-refractivity contribution >= 4 is 29.1 Å². The predicted molar refractivity (Wildman–Crippen MR) is 84.8 cm³/mol. The maximum atomic E-state index is 12.6.